The third kappa shape index (κ3) is 13.8. The predicted octanol–water partition coefficient (Wildman–Crippen LogP) is -1.83. The minimum absolute atomic E-state index is 0.00158. The zero-order valence-corrected chi connectivity index (χ0v) is 49.3. The third-order valence-electron chi connectivity index (χ3n) is 15.0. The van der Waals surface area contributed by atoms with Crippen LogP contribution in [0.5, 0.6) is 0 Å². The second-order valence-corrected chi connectivity index (χ2v) is 21.6. The molecule has 4 aromatic rings. The number of hydrogen-bond donors (Lipinski definition) is 13. The SMILES string of the molecule is C=C1N=C(N)C=CN1[C@@H]1O[C@](F)(CO)[C@@H](O)[C@H]1F.C=C1NC(=O)C=CN1[C@@H]1O[C@](F)(CO)[C@@H](F)[C@H]1F.C=C1NC(=O)C=CN1[C@@H]1O[C@](F)(CO)[C@@H](O)[C@H]1F.Cc1nc2c(ncn2[C@@H]2O[C@](F)(CO)[C@@H](F)[C@H]2F)c(=O)[nH]1.Cc1nc2c(ncn2[C@@H]2O[C@](F)(CO)[C@@H](O)[C@H]2F)c(=O)[nH]1. The molecule has 0 radical (unpaired) electrons. The number of rotatable bonds is 10. The fourth-order valence-electron chi connectivity index (χ4n) is 9.92. The molecule has 14 N–H and O–H groups in total. The molecule has 2 amide bonds. The first kappa shape index (κ1) is 73.4. The van der Waals surface area contributed by atoms with Gasteiger partial charge in [0.05, 0.1) is 12.7 Å². The van der Waals surface area contributed by atoms with Crippen molar-refractivity contribution in [2.75, 3.05) is 33.0 Å². The van der Waals surface area contributed by atoms with E-state index in [-0.39, 0.29) is 57.3 Å². The molecule has 20 atom stereocenters. The van der Waals surface area contributed by atoms with Gasteiger partial charge in [-0.1, -0.05) is 19.7 Å². The van der Waals surface area contributed by atoms with Gasteiger partial charge in [0.25, 0.3) is 52.2 Å². The summed E-state index contributed by atoms with van der Waals surface area (Å²) < 4.78 is 191. The molecule has 96 heavy (non-hydrogen) atoms. The smallest absolute Gasteiger partial charge is 0.279 e. The summed E-state index contributed by atoms with van der Waals surface area (Å²) in [6.45, 7) is 7.22. The number of hydrogen-bond acceptors (Lipinski definition) is 26. The number of aliphatic imine (C=N–C) groups is 1. The lowest BCUT2D eigenvalue weighted by molar-refractivity contribution is -0.210. The maximum Gasteiger partial charge on any atom is 0.279 e. The molecule has 0 spiro atoms. The van der Waals surface area contributed by atoms with Gasteiger partial charge in [0.1, 0.15) is 68.0 Å². The van der Waals surface area contributed by atoms with Gasteiger partial charge >= 0.3 is 0 Å². The van der Waals surface area contributed by atoms with Crippen molar-refractivity contribution in [3.05, 3.63) is 119 Å². The Morgan fingerprint density at radius 3 is 1.17 bits per heavy atom. The highest BCUT2D eigenvalue weighted by molar-refractivity contribution is 5.92. The Hall–Kier alpha value is -8.41. The van der Waals surface area contributed by atoms with E-state index in [0.29, 0.717) is 0 Å². The van der Waals surface area contributed by atoms with Crippen molar-refractivity contribution in [1.82, 2.24) is 64.4 Å². The van der Waals surface area contributed by atoms with E-state index in [1.807, 2.05) is 0 Å². The molecule has 8 aliphatic heterocycles. The maximum atomic E-state index is 14.1. The molecule has 0 bridgehead atoms. The van der Waals surface area contributed by atoms with Gasteiger partial charge in [0.2, 0.25) is 0 Å². The molecular weight excluding hydrogens is 1330 g/mol. The van der Waals surface area contributed by atoms with Gasteiger partial charge < -0.3 is 106 Å². The molecule has 5 fully saturated rings. The molecule has 0 unspecified atom stereocenters. The van der Waals surface area contributed by atoms with E-state index in [2.05, 4.69) is 79.5 Å². The number of aliphatic hydroxyl groups excluding tert-OH is 8. The number of nitrogens with two attached hydrogens (primary N) is 1. The first-order valence-corrected chi connectivity index (χ1v) is 27.6. The summed E-state index contributed by atoms with van der Waals surface area (Å²) in [5, 5.41) is 76.8. The van der Waals surface area contributed by atoms with Gasteiger partial charge in [-0.25, -0.2) is 77.6 Å². The number of H-pyrrole nitrogens is 2. The molecule has 12 heterocycles. The third-order valence-corrected chi connectivity index (χ3v) is 15.0. The van der Waals surface area contributed by atoms with Crippen LogP contribution in [0.15, 0.2) is 101 Å². The number of fused-ring (bicyclic) bond motifs is 2. The lowest BCUT2D eigenvalue weighted by Gasteiger charge is -2.31. The Kier molecular flexibility index (Phi) is 21.4. The molecular formula is C52H59F12N15O17. The van der Waals surface area contributed by atoms with Crippen LogP contribution < -0.4 is 27.5 Å². The Balaban J connectivity index is 0.000000154. The van der Waals surface area contributed by atoms with Crippen LogP contribution in [-0.2, 0) is 33.3 Å². The number of amides is 2. The average Bonchev–Trinajstić information content (AvgIpc) is 1.62. The van der Waals surface area contributed by atoms with Crippen molar-refractivity contribution >= 4 is 40.0 Å². The first-order valence-electron chi connectivity index (χ1n) is 27.6. The molecule has 0 aromatic carbocycles. The highest BCUT2D eigenvalue weighted by Gasteiger charge is 2.62. The van der Waals surface area contributed by atoms with E-state index in [0.717, 1.165) is 61.0 Å². The predicted molar refractivity (Wildman–Crippen MR) is 296 cm³/mol. The molecule has 44 heteroatoms. The summed E-state index contributed by atoms with van der Waals surface area (Å²) in [7, 11) is 0. The molecule has 32 nitrogen and oxygen atoms in total. The fourth-order valence-corrected chi connectivity index (χ4v) is 9.92. The van der Waals surface area contributed by atoms with E-state index in [1.54, 1.807) is 0 Å². The van der Waals surface area contributed by atoms with E-state index in [9.17, 15) is 87.2 Å². The summed E-state index contributed by atoms with van der Waals surface area (Å²) >= 11 is 0. The van der Waals surface area contributed by atoms with Crippen LogP contribution in [-0.4, -0.2) is 255 Å². The van der Waals surface area contributed by atoms with Gasteiger partial charge in [0, 0.05) is 30.8 Å². The quantitative estimate of drug-likeness (QED) is 0.0777. The van der Waals surface area contributed by atoms with Crippen LogP contribution in [0.25, 0.3) is 22.3 Å². The molecule has 4 aromatic heterocycles. The number of aryl methyl sites for hydroxylation is 2. The summed E-state index contributed by atoms with van der Waals surface area (Å²) in [4.78, 5) is 72.5. The Labute approximate surface area is 528 Å². The number of carbonyl (C=O) groups excluding carboxylic acids is 2. The van der Waals surface area contributed by atoms with Crippen molar-refractivity contribution in [3.63, 3.8) is 0 Å². The lowest BCUT2D eigenvalue weighted by atomic mass is 10.1. The highest BCUT2D eigenvalue weighted by atomic mass is 19.2. The number of aliphatic hydroxyl groups is 8. The highest BCUT2D eigenvalue weighted by Crippen LogP contribution is 2.45. The minimum atomic E-state index is -3.14. The zero-order chi connectivity index (χ0) is 71.2. The van der Waals surface area contributed by atoms with Gasteiger partial charge in [-0.3, -0.25) is 28.3 Å². The van der Waals surface area contributed by atoms with Gasteiger partial charge in [-0.05, 0) is 19.9 Å². The maximum absolute atomic E-state index is 14.1. The molecule has 528 valence electrons. The summed E-state index contributed by atoms with van der Waals surface area (Å²) in [5.41, 5.74) is 4.09. The first-order chi connectivity index (χ1) is 44.9. The number of imidazole rings is 2. The molecule has 0 aliphatic carbocycles. The van der Waals surface area contributed by atoms with Crippen LogP contribution in [0.2, 0.25) is 0 Å². The molecule has 8 aliphatic rings. The number of alkyl halides is 12. The van der Waals surface area contributed by atoms with E-state index >= 15 is 0 Å². The van der Waals surface area contributed by atoms with E-state index in [1.165, 1.54) is 26.1 Å². The number of aromatic amines is 2. The van der Waals surface area contributed by atoms with Gasteiger partial charge in [-0.2, -0.15) is 0 Å². The van der Waals surface area contributed by atoms with Crippen molar-refractivity contribution in [2.24, 2.45) is 10.7 Å². The summed E-state index contributed by atoms with van der Waals surface area (Å²) in [6.07, 6.45) is -21.4. The number of nitrogens with one attached hydrogen (secondary N) is 4. The Bertz CT molecular complexity index is 3650. The second-order valence-electron chi connectivity index (χ2n) is 21.6. The Morgan fingerprint density at radius 1 is 0.500 bits per heavy atom. The summed E-state index contributed by atoms with van der Waals surface area (Å²) in [5.74, 6) is -15.2. The van der Waals surface area contributed by atoms with Crippen molar-refractivity contribution in [1.29, 1.82) is 0 Å². The number of aromatic nitrogens is 8. The fraction of sp³-hybridized carbons (Fsp3) is 0.519. The standard InChI is InChI=1S/C11H11F3N4O3.C11H12F2N4O4.C10H11F3N2O3.C10H13F2N3O3.C10H12F2N2O4/c1-4-16-8-6(9(20)17-4)15-3-18(8)10-5(12)7(13)11(14,2-19)21-10;1-4-15-8-6(9(20)16-4)14-3-17(8)10-5(12)7(19)11(13,2-18)21-10;1-5-14-6(17)2-3-15(5)9-7(11)8(12)10(13,4-16)18-9;1-5-14-6(13)2-3-15(5)9-7(11)8(17)10(12,4-16)18-9;1-5-13-6(16)2-3-14(5)9-7(11)8(17)10(12,4-15)18-9/h3,5,7,10,19H,2H2,1H3,(H,16,17,20);3,5,7,10,18-19H,2H2,1H3,(H,15,16,20);2-3,7-9,16H,1,4H2,(H,14,17);2-3,7-9,16-17H,1,4H2,(H2,13,14);2-3,7-9,15,17H,1,4H2,(H,13,16)/t2*5-,7+,10-,11-;3*7-,8+,9-,10-/m11111/s1. The lowest BCUT2D eigenvalue weighted by Crippen LogP contribution is -2.45. The van der Waals surface area contributed by atoms with Gasteiger partial charge in [0.15, 0.2) is 115 Å². The summed E-state index contributed by atoms with van der Waals surface area (Å²) in [6, 6.07) is 0. The monoisotopic (exact) mass is 1390 g/mol. The average molecular weight is 1390 g/mol. The number of nitrogens with zero attached hydrogens (tertiary/aromatic N) is 10. The van der Waals surface area contributed by atoms with Crippen molar-refractivity contribution in [2.45, 2.75) is 136 Å². The van der Waals surface area contributed by atoms with Crippen LogP contribution in [0.3, 0.4) is 0 Å². The largest absolute Gasteiger partial charge is 0.390 e. The van der Waals surface area contributed by atoms with Crippen molar-refractivity contribution in [3.8, 4) is 0 Å². The zero-order valence-electron chi connectivity index (χ0n) is 49.3. The van der Waals surface area contributed by atoms with Crippen LogP contribution in [0, 0.1) is 13.8 Å². The van der Waals surface area contributed by atoms with Crippen LogP contribution >= 0.6 is 0 Å². The van der Waals surface area contributed by atoms with Crippen LogP contribution in [0.4, 0.5) is 52.7 Å². The van der Waals surface area contributed by atoms with Gasteiger partial charge in [-0.15, -0.1) is 0 Å². The normalized spacial score (nSPS) is 37.0. The number of halogens is 12. The van der Waals surface area contributed by atoms with E-state index < -0.39 is 178 Å². The second kappa shape index (κ2) is 28.0. The molecule has 0 saturated carbocycles. The molecule has 5 saturated heterocycles. The van der Waals surface area contributed by atoms with Crippen molar-refractivity contribution < 1.29 is 127 Å². The Morgan fingerprint density at radius 2 is 0.812 bits per heavy atom. The molecule has 12 rings (SSSR count). The minimum Gasteiger partial charge on any atom is -0.390 e. The van der Waals surface area contributed by atoms with Crippen LogP contribution in [0.1, 0.15) is 24.1 Å². The number of ether oxygens (including phenoxy) is 5. The topological polar surface area (TPSA) is 441 Å². The number of carbonyl (C=O) groups is 2. The number of amidine groups is 1. The van der Waals surface area contributed by atoms with E-state index in [4.69, 9.17) is 40.7 Å².